The molecule has 2 saturated heterocycles. The number of nitrogens with one attached hydrogen (secondary N) is 2. The van der Waals surface area contributed by atoms with Gasteiger partial charge in [0.15, 0.2) is 0 Å². The van der Waals surface area contributed by atoms with E-state index in [-0.39, 0.29) is 0 Å². The van der Waals surface area contributed by atoms with E-state index in [9.17, 15) is 0 Å². The topological polar surface area (TPSA) is 72.4 Å². The Morgan fingerprint density at radius 2 is 1.62 bits per heavy atom. The second kappa shape index (κ2) is 15.7. The summed E-state index contributed by atoms with van der Waals surface area (Å²) in [6, 6.07) is 10.7. The average molecular weight is 528 g/mol. The van der Waals surface area contributed by atoms with Gasteiger partial charge in [0.25, 0.3) is 0 Å². The third-order valence-corrected chi connectivity index (χ3v) is 7.17. The lowest BCUT2D eigenvalue weighted by molar-refractivity contribution is 0.236. The fourth-order valence-corrected chi connectivity index (χ4v) is 5.09. The van der Waals surface area contributed by atoms with Gasteiger partial charge in [-0.05, 0) is 82.8 Å². The molecule has 0 radical (unpaired) electrons. The third-order valence-electron chi connectivity index (χ3n) is 7.17. The Morgan fingerprint density at radius 1 is 0.974 bits per heavy atom. The van der Waals surface area contributed by atoms with Crippen LogP contribution in [0.25, 0.3) is 22.3 Å². The molecule has 2 aliphatic rings. The number of piperidine rings is 2. The quantitative estimate of drug-likeness (QED) is 0.253. The lowest BCUT2D eigenvalue weighted by atomic mass is 10.1. The molecule has 7 nitrogen and oxygen atoms in total. The zero-order valence-electron chi connectivity index (χ0n) is 24.2. The van der Waals surface area contributed by atoms with Crippen molar-refractivity contribution < 1.29 is 0 Å². The fraction of sp³-hybridized carbons (Fsp3) is 0.469. The van der Waals surface area contributed by atoms with Crippen molar-refractivity contribution in [3.8, 4) is 24.1 Å². The number of rotatable bonds is 7. The highest BCUT2D eigenvalue weighted by molar-refractivity contribution is 6.00. The summed E-state index contributed by atoms with van der Waals surface area (Å²) < 4.78 is 0. The normalized spacial score (nSPS) is 16.6. The first-order chi connectivity index (χ1) is 19.2. The van der Waals surface area contributed by atoms with Gasteiger partial charge in [-0.1, -0.05) is 38.5 Å². The van der Waals surface area contributed by atoms with Crippen molar-refractivity contribution in [2.45, 2.75) is 66.2 Å². The molecule has 0 bridgehead atoms. The number of nitrogens with zero attached hydrogens (tertiary/aromatic N) is 5. The van der Waals surface area contributed by atoms with E-state index in [2.05, 4.69) is 93.2 Å². The van der Waals surface area contributed by atoms with Gasteiger partial charge >= 0.3 is 0 Å². The van der Waals surface area contributed by atoms with Crippen molar-refractivity contribution in [2.24, 2.45) is 4.99 Å². The Labute approximate surface area is 234 Å². The Bertz CT molecular complexity index is 1220. The lowest BCUT2D eigenvalue weighted by Crippen LogP contribution is -2.30. The summed E-state index contributed by atoms with van der Waals surface area (Å²) in [5, 5.41) is 4.65. The molecule has 3 aromatic rings. The van der Waals surface area contributed by atoms with Gasteiger partial charge < -0.3 is 15.2 Å². The molecule has 0 unspecified atom stereocenters. The first-order valence-corrected chi connectivity index (χ1v) is 14.4. The second-order valence-electron chi connectivity index (χ2n) is 9.66. The van der Waals surface area contributed by atoms with Crippen molar-refractivity contribution in [3.63, 3.8) is 0 Å². The molecule has 0 amide bonds. The number of terminal acetylenes is 1. The summed E-state index contributed by atoms with van der Waals surface area (Å²) in [6.45, 7) is 13.4. The van der Waals surface area contributed by atoms with Gasteiger partial charge in [0, 0.05) is 24.5 Å². The number of likely N-dealkylation sites (tertiary alicyclic amines) is 1. The van der Waals surface area contributed by atoms with E-state index in [1.165, 1.54) is 38.5 Å². The van der Waals surface area contributed by atoms with E-state index < -0.39 is 0 Å². The number of fused-ring (bicyclic) bond motifs is 1. The Kier molecular flexibility index (Phi) is 12.0. The number of aromatic nitrogens is 3. The van der Waals surface area contributed by atoms with Crippen molar-refractivity contribution in [3.05, 3.63) is 48.4 Å². The summed E-state index contributed by atoms with van der Waals surface area (Å²) in [4.78, 5) is 22.3. The van der Waals surface area contributed by atoms with Crippen LogP contribution in [-0.2, 0) is 0 Å². The maximum Gasteiger partial charge on any atom is 0.143 e. The first kappa shape index (κ1) is 29.9. The largest absolute Gasteiger partial charge is 0.356 e. The molecule has 1 aromatic carbocycles. The zero-order chi connectivity index (χ0) is 28.0. The van der Waals surface area contributed by atoms with Gasteiger partial charge in [0.1, 0.15) is 17.8 Å². The molecule has 0 spiro atoms. The van der Waals surface area contributed by atoms with Crippen LogP contribution in [0.1, 0.15) is 66.2 Å². The van der Waals surface area contributed by atoms with Crippen LogP contribution in [0.2, 0.25) is 0 Å². The van der Waals surface area contributed by atoms with Gasteiger partial charge in [-0.25, -0.2) is 9.97 Å². The number of hydrogen-bond donors (Lipinski definition) is 2. The van der Waals surface area contributed by atoms with Crippen LogP contribution in [0.15, 0.2) is 53.4 Å². The molecule has 2 fully saturated rings. The third kappa shape index (κ3) is 7.93. The number of anilines is 2. The molecule has 2 aliphatic heterocycles. The molecule has 0 aliphatic carbocycles. The van der Waals surface area contributed by atoms with Gasteiger partial charge in [-0.3, -0.25) is 9.89 Å². The minimum atomic E-state index is 0.784. The van der Waals surface area contributed by atoms with Crippen molar-refractivity contribution in [1.29, 1.82) is 0 Å². The molecule has 0 atom stereocenters. The number of aliphatic imine (C=N–C) groups is 1. The van der Waals surface area contributed by atoms with Crippen LogP contribution in [0.4, 0.5) is 11.5 Å². The lowest BCUT2D eigenvalue weighted by Gasteiger charge is -2.27. The SMILES string of the molecule is C#C.C/C=C(Nc1ccc(-c2cc3c(N4CCCCC4)ncnc3[nH]2)cc1)\C(C)=N/CN1CCCCC1.CC. The maximum atomic E-state index is 4.84. The molecule has 0 saturated carbocycles. The van der Waals surface area contributed by atoms with Crippen molar-refractivity contribution in [1.82, 2.24) is 19.9 Å². The Balaban J connectivity index is 0.00000100. The summed E-state index contributed by atoms with van der Waals surface area (Å²) in [5.41, 5.74) is 6.25. The van der Waals surface area contributed by atoms with E-state index in [4.69, 9.17) is 4.99 Å². The monoisotopic (exact) mass is 527 g/mol. The summed E-state index contributed by atoms with van der Waals surface area (Å²) >= 11 is 0. The average Bonchev–Trinajstić information content (AvgIpc) is 3.46. The van der Waals surface area contributed by atoms with Crippen LogP contribution in [0.5, 0.6) is 0 Å². The number of aromatic amines is 1. The molecule has 2 aromatic heterocycles. The number of benzene rings is 1. The molecular formula is C32H45N7. The second-order valence-corrected chi connectivity index (χ2v) is 9.66. The predicted octanol–water partition coefficient (Wildman–Crippen LogP) is 7.11. The van der Waals surface area contributed by atoms with Crippen LogP contribution >= 0.6 is 0 Å². The number of hydrogen-bond acceptors (Lipinski definition) is 6. The zero-order valence-corrected chi connectivity index (χ0v) is 24.2. The van der Waals surface area contributed by atoms with E-state index in [1.54, 1.807) is 6.33 Å². The van der Waals surface area contributed by atoms with Crippen molar-refractivity contribution >= 4 is 28.3 Å². The maximum absolute atomic E-state index is 4.84. The summed E-state index contributed by atoms with van der Waals surface area (Å²) in [5.74, 6) is 1.05. The molecule has 208 valence electrons. The van der Waals surface area contributed by atoms with E-state index in [0.717, 1.165) is 78.1 Å². The highest BCUT2D eigenvalue weighted by Crippen LogP contribution is 2.30. The number of allylic oxidation sites excluding steroid dienone is 2. The minimum absolute atomic E-state index is 0.784. The molecule has 39 heavy (non-hydrogen) atoms. The minimum Gasteiger partial charge on any atom is -0.356 e. The molecule has 4 heterocycles. The Hall–Kier alpha value is -3.63. The molecule has 5 rings (SSSR count). The molecular weight excluding hydrogens is 482 g/mol. The summed E-state index contributed by atoms with van der Waals surface area (Å²) in [6.07, 6.45) is 19.5. The fourth-order valence-electron chi connectivity index (χ4n) is 5.09. The van der Waals surface area contributed by atoms with Crippen molar-refractivity contribution in [2.75, 3.05) is 43.1 Å². The standard InChI is InChI=1S/C28H37N7.C2H6.C2H2/c1-3-25(21(2)31-20-34-14-6-4-7-15-34)32-23-12-10-22(11-13-23)26-18-24-27(33-26)29-19-30-28(24)35-16-8-5-9-17-35;2*1-2/h3,10-13,18-19,32H,4-9,14-17,20H2,1-2H3,(H,29,30,33);1-2H3;1-2H/b25-3+,31-21-;;. The van der Waals surface area contributed by atoms with E-state index in [1.807, 2.05) is 13.8 Å². The first-order valence-electron chi connectivity index (χ1n) is 14.4. The smallest absolute Gasteiger partial charge is 0.143 e. The van der Waals surface area contributed by atoms with Gasteiger partial charge in [0.2, 0.25) is 0 Å². The van der Waals surface area contributed by atoms with E-state index in [0.29, 0.717) is 0 Å². The van der Waals surface area contributed by atoms with Gasteiger partial charge in [-0.2, -0.15) is 0 Å². The molecule has 2 N–H and O–H groups in total. The predicted molar refractivity (Wildman–Crippen MR) is 167 cm³/mol. The highest BCUT2D eigenvalue weighted by Gasteiger charge is 2.17. The van der Waals surface area contributed by atoms with Crippen LogP contribution in [0, 0.1) is 12.8 Å². The summed E-state index contributed by atoms with van der Waals surface area (Å²) in [7, 11) is 0. The van der Waals surface area contributed by atoms with E-state index >= 15 is 0 Å². The highest BCUT2D eigenvalue weighted by atomic mass is 15.2. The van der Waals surface area contributed by atoms with Gasteiger partial charge in [0.05, 0.1) is 23.5 Å². The Morgan fingerprint density at radius 3 is 2.26 bits per heavy atom. The number of H-pyrrole nitrogens is 1. The van der Waals surface area contributed by atoms with Crippen LogP contribution in [0.3, 0.4) is 0 Å². The van der Waals surface area contributed by atoms with Crippen LogP contribution in [-0.4, -0.2) is 58.4 Å². The van der Waals surface area contributed by atoms with Gasteiger partial charge in [-0.15, -0.1) is 12.8 Å². The van der Waals surface area contributed by atoms with Crippen LogP contribution < -0.4 is 10.2 Å². The molecule has 7 heteroatoms.